The molecule has 0 bridgehead atoms. The summed E-state index contributed by atoms with van der Waals surface area (Å²) >= 11 is 1.39. The van der Waals surface area contributed by atoms with Gasteiger partial charge in [0.2, 0.25) is 5.82 Å². The van der Waals surface area contributed by atoms with Crippen molar-refractivity contribution in [3.8, 4) is 22.5 Å². The summed E-state index contributed by atoms with van der Waals surface area (Å²) in [6.07, 6.45) is -4.81. The van der Waals surface area contributed by atoms with Crippen molar-refractivity contribution in [3.05, 3.63) is 17.0 Å². The van der Waals surface area contributed by atoms with E-state index >= 15 is 0 Å². The first-order valence-corrected chi connectivity index (χ1v) is 19.6. The van der Waals surface area contributed by atoms with E-state index in [2.05, 4.69) is 32.6 Å². The van der Waals surface area contributed by atoms with Gasteiger partial charge in [0.1, 0.15) is 36.3 Å². The fourth-order valence-corrected chi connectivity index (χ4v) is 8.66. The van der Waals surface area contributed by atoms with E-state index in [-0.39, 0.29) is 43.8 Å². The molecule has 0 radical (unpaired) electrons. The monoisotopic (exact) mass is 786 g/mol. The van der Waals surface area contributed by atoms with Crippen LogP contribution in [0, 0.1) is 29.6 Å². The summed E-state index contributed by atoms with van der Waals surface area (Å²) in [6.45, 7) is 11.8. The first-order valence-electron chi connectivity index (χ1n) is 18.8. The molecule has 0 aromatic carbocycles. The second-order valence-electron chi connectivity index (χ2n) is 15.6. The Morgan fingerprint density at radius 2 is 1.87 bits per heavy atom. The number of ketones is 2. The molecule has 5 rings (SSSR count). The zero-order valence-electron chi connectivity index (χ0n) is 33.2. The summed E-state index contributed by atoms with van der Waals surface area (Å²) in [4.78, 5) is 59.5. The van der Waals surface area contributed by atoms with Crippen molar-refractivity contribution < 1.29 is 48.0 Å². The lowest BCUT2D eigenvalue weighted by atomic mass is 9.75. The number of aryl methyl sites for hydroxylation is 1. The first-order chi connectivity index (χ1) is 25.9. The zero-order valence-corrected chi connectivity index (χ0v) is 34.0. The molecular formula is C38H54N6O10S. The molecule has 2 aromatic heterocycles. The van der Waals surface area contributed by atoms with Crippen molar-refractivity contribution in [2.45, 2.75) is 128 Å². The Morgan fingerprint density at radius 1 is 1.15 bits per heavy atom. The lowest BCUT2D eigenvalue weighted by Crippen LogP contribution is -2.58. The van der Waals surface area contributed by atoms with Crippen LogP contribution in [-0.2, 0) is 45.1 Å². The molecule has 3 saturated heterocycles. The van der Waals surface area contributed by atoms with Crippen LogP contribution in [0.1, 0.15) is 79.0 Å². The number of likely N-dealkylation sites (N-methyl/N-ethyl adjacent to an activating group) is 1. The Morgan fingerprint density at radius 3 is 2.53 bits per heavy atom. The SMILES string of the molecule is CC[C@H]1OC(=O)[C@H](C)C(=O)C[C@@H](OC2O[C@H](C)C[C@H](N(C)C)[C@H]2O)[C@@](C)(OCC#Cc2ccc(-c3nnn(C)n3)s2)C[C@@H](C)C(=O)[C@H](C)[C@H]2NC(=O)O[C@@]21C. The second-order valence-corrected chi connectivity index (χ2v) is 16.7. The van der Waals surface area contributed by atoms with E-state index in [9.17, 15) is 24.3 Å². The number of tetrazole rings is 1. The molecule has 55 heavy (non-hydrogen) atoms. The van der Waals surface area contributed by atoms with Crippen molar-refractivity contribution in [2.24, 2.45) is 24.8 Å². The summed E-state index contributed by atoms with van der Waals surface area (Å²) in [5.74, 6) is 2.40. The lowest BCUT2D eigenvalue weighted by Gasteiger charge is -2.45. The topological polar surface area (TPSA) is 194 Å². The van der Waals surface area contributed by atoms with Gasteiger partial charge in [0.15, 0.2) is 11.9 Å². The van der Waals surface area contributed by atoms with Crippen LogP contribution >= 0.6 is 11.3 Å². The highest BCUT2D eigenvalue weighted by Gasteiger charge is 2.56. The van der Waals surface area contributed by atoms with E-state index in [0.29, 0.717) is 12.2 Å². The number of amides is 1. The maximum Gasteiger partial charge on any atom is 0.408 e. The number of cyclic esters (lactones) is 1. The molecule has 3 fully saturated rings. The molecule has 5 heterocycles. The minimum Gasteiger partial charge on any atom is -0.458 e. The van der Waals surface area contributed by atoms with Crippen LogP contribution < -0.4 is 5.32 Å². The number of aliphatic hydroxyl groups excluding tert-OH is 1. The van der Waals surface area contributed by atoms with Crippen LogP contribution in [0.25, 0.3) is 10.7 Å². The van der Waals surface area contributed by atoms with Gasteiger partial charge in [-0.25, -0.2) is 4.79 Å². The van der Waals surface area contributed by atoms with Gasteiger partial charge in [-0.3, -0.25) is 14.4 Å². The predicted molar refractivity (Wildman–Crippen MR) is 199 cm³/mol. The summed E-state index contributed by atoms with van der Waals surface area (Å²) in [7, 11) is 5.39. The average Bonchev–Trinajstić information content (AvgIpc) is 3.86. The number of hydrogen-bond acceptors (Lipinski definition) is 15. The summed E-state index contributed by atoms with van der Waals surface area (Å²) in [5.41, 5.74) is -2.78. The van der Waals surface area contributed by atoms with Crippen molar-refractivity contribution in [1.29, 1.82) is 0 Å². The van der Waals surface area contributed by atoms with Gasteiger partial charge in [0.25, 0.3) is 0 Å². The van der Waals surface area contributed by atoms with Crippen LogP contribution in [0.4, 0.5) is 4.79 Å². The number of nitrogens with zero attached hydrogens (tertiary/aromatic N) is 5. The molecule has 0 saturated carbocycles. The molecule has 0 spiro atoms. The highest BCUT2D eigenvalue weighted by Crippen LogP contribution is 2.39. The molecule has 0 aliphatic carbocycles. The normalized spacial score (nSPS) is 36.3. The Kier molecular flexibility index (Phi) is 13.2. The molecule has 3 aliphatic rings. The van der Waals surface area contributed by atoms with E-state index < -0.39 is 77.4 Å². The number of ether oxygens (including phenoxy) is 5. The molecular weight excluding hydrogens is 733 g/mol. The number of rotatable bonds is 7. The van der Waals surface area contributed by atoms with Crippen LogP contribution in [0.3, 0.4) is 0 Å². The Hall–Kier alpha value is -3.79. The van der Waals surface area contributed by atoms with Gasteiger partial charge < -0.3 is 39.0 Å². The summed E-state index contributed by atoms with van der Waals surface area (Å²) in [6, 6.07) is 2.54. The van der Waals surface area contributed by atoms with E-state index in [1.807, 2.05) is 38.1 Å². The number of aliphatic hydroxyl groups is 1. The second kappa shape index (κ2) is 17.1. The molecule has 17 heteroatoms. The van der Waals surface area contributed by atoms with E-state index in [1.165, 1.54) is 23.1 Å². The average molecular weight is 787 g/mol. The standard InChI is InChI=1S/C38H54N6O10S/c1-11-28-38(7)32(39-36(49)54-38)23(5)30(46)20(2)19-37(6,50-16-12-13-24-14-15-27(55-24)33-40-42-44(10)41-33)29(18-26(45)22(4)34(48)52-28)53-35-31(47)25(43(8)9)17-21(3)51-35/h14-15,20-23,25,28-29,31-32,35,47H,11,16-19H2,1-10H3,(H,39,49)/t20-,21-,22-,23+,25+,28-,29-,31-,32-,35?,37+,38-/m1/s1. The van der Waals surface area contributed by atoms with Gasteiger partial charge in [0, 0.05) is 24.3 Å². The van der Waals surface area contributed by atoms with Crippen LogP contribution in [-0.4, -0.2) is 129 Å². The third-order valence-corrected chi connectivity index (χ3v) is 12.1. The number of nitrogens with one attached hydrogen (secondary N) is 1. The third-order valence-electron chi connectivity index (χ3n) is 11.1. The minimum atomic E-state index is -1.39. The molecule has 2 N–H and O–H groups in total. The quantitative estimate of drug-likeness (QED) is 0.236. The molecule has 3 aliphatic heterocycles. The number of Topliss-reactive ketones (excluding diaryl/α,β-unsaturated/α-hetero) is 2. The van der Waals surface area contributed by atoms with Gasteiger partial charge >= 0.3 is 12.1 Å². The first kappa shape index (κ1) is 42.4. The number of alkyl carbamates (subject to hydrolysis) is 1. The number of carbonyl (C=O) groups is 4. The van der Waals surface area contributed by atoms with E-state index in [0.717, 1.165) is 9.75 Å². The van der Waals surface area contributed by atoms with Crippen molar-refractivity contribution >= 4 is 35.0 Å². The third kappa shape index (κ3) is 9.27. The number of esters is 1. The molecule has 302 valence electrons. The largest absolute Gasteiger partial charge is 0.458 e. The highest BCUT2D eigenvalue weighted by molar-refractivity contribution is 7.15. The van der Waals surface area contributed by atoms with Gasteiger partial charge in [-0.05, 0) is 78.4 Å². The predicted octanol–water partition coefficient (Wildman–Crippen LogP) is 2.91. The number of hydrogen-bond donors (Lipinski definition) is 2. The number of carbonyl (C=O) groups excluding carboxylic acids is 4. The fourth-order valence-electron chi connectivity index (χ4n) is 7.85. The Balaban J connectivity index is 1.51. The number of aromatic nitrogens is 4. The summed E-state index contributed by atoms with van der Waals surface area (Å²) in [5, 5.41) is 26.4. The Labute approximate surface area is 325 Å². The van der Waals surface area contributed by atoms with Gasteiger partial charge in [-0.2, -0.15) is 4.80 Å². The van der Waals surface area contributed by atoms with Crippen LogP contribution in [0.15, 0.2) is 12.1 Å². The van der Waals surface area contributed by atoms with Gasteiger partial charge in [-0.15, -0.1) is 21.5 Å². The van der Waals surface area contributed by atoms with Crippen molar-refractivity contribution in [3.63, 3.8) is 0 Å². The van der Waals surface area contributed by atoms with Gasteiger partial charge in [0.05, 0.1) is 40.7 Å². The molecule has 2 aromatic rings. The maximum atomic E-state index is 14.3. The molecule has 16 nitrogen and oxygen atoms in total. The van der Waals surface area contributed by atoms with E-state index in [4.69, 9.17) is 23.7 Å². The van der Waals surface area contributed by atoms with Crippen LogP contribution in [0.5, 0.6) is 0 Å². The van der Waals surface area contributed by atoms with Crippen LogP contribution in [0.2, 0.25) is 0 Å². The molecule has 1 amide bonds. The molecule has 1 unspecified atom stereocenters. The number of fused-ring (bicyclic) bond motifs is 1. The fraction of sp³-hybridized carbons (Fsp3) is 0.711. The number of thiophene rings is 1. The zero-order chi connectivity index (χ0) is 40.4. The lowest BCUT2D eigenvalue weighted by molar-refractivity contribution is -0.290. The highest BCUT2D eigenvalue weighted by atomic mass is 32.1. The van der Waals surface area contributed by atoms with Crippen molar-refractivity contribution in [2.75, 3.05) is 20.7 Å². The Bertz CT molecular complexity index is 1790. The summed E-state index contributed by atoms with van der Waals surface area (Å²) < 4.78 is 30.9. The maximum absolute atomic E-state index is 14.3. The molecule has 12 atom stereocenters. The van der Waals surface area contributed by atoms with E-state index in [1.54, 1.807) is 41.7 Å². The van der Waals surface area contributed by atoms with Crippen molar-refractivity contribution in [1.82, 2.24) is 30.4 Å². The van der Waals surface area contributed by atoms with Gasteiger partial charge in [-0.1, -0.05) is 32.6 Å². The minimum absolute atomic E-state index is 0.0566. The smallest absolute Gasteiger partial charge is 0.408 e.